The summed E-state index contributed by atoms with van der Waals surface area (Å²) in [5.74, 6) is -2.61. The van der Waals surface area contributed by atoms with Gasteiger partial charge >= 0.3 is 6.01 Å². The van der Waals surface area contributed by atoms with Crippen molar-refractivity contribution < 1.29 is 42.7 Å². The van der Waals surface area contributed by atoms with Crippen LogP contribution in [0.25, 0.3) is 11.3 Å². The molecule has 0 bridgehead atoms. The molecule has 3 N–H and O–H groups in total. The number of likely N-dealkylation sites (tertiary alicyclic amines) is 4. The van der Waals surface area contributed by atoms with Gasteiger partial charge in [-0.15, -0.1) is 0 Å². The Morgan fingerprint density at radius 2 is 1.16 bits per heavy atom. The van der Waals surface area contributed by atoms with Crippen molar-refractivity contribution in [1.29, 1.82) is 0 Å². The third-order valence-corrected chi connectivity index (χ3v) is 20.3. The highest BCUT2D eigenvalue weighted by Gasteiger charge is 2.64. The van der Waals surface area contributed by atoms with Crippen LogP contribution < -0.4 is 16.0 Å². The van der Waals surface area contributed by atoms with Crippen LogP contribution in [0.1, 0.15) is 96.7 Å². The Hall–Kier alpha value is -9.24. The molecule has 4 aliphatic heterocycles. The number of oxazole rings is 1. The lowest BCUT2D eigenvalue weighted by Crippen LogP contribution is -2.65. The quantitative estimate of drug-likeness (QED) is 0.0536. The van der Waals surface area contributed by atoms with E-state index in [2.05, 4.69) is 38.1 Å². The van der Waals surface area contributed by atoms with Crippen molar-refractivity contribution >= 4 is 47.4 Å². The summed E-state index contributed by atoms with van der Waals surface area (Å²) in [7, 11) is 0. The standard InChI is InChI=1S/C71H80N12O9/c1-4-5-24-52-29-55(52)66(89)80-43-70(44-80)41-78(64(87)53-31-74-82(36-53)34-48-18-10-6-11-19-48)38-57(70)61(84)76-60(47(2)91-40-50-22-14-8-15-23-50)63(86)72-28-27-69(3)30-56(69)67(90)81-45-71(46-81)42-79(65(88)54-32-75-83(37-54)35-49-20-12-7-13-21-49)39-58(71)62(85)77-68-73-33-59(92-68)51-25-16-9-17-26-51/h6-23,25-26,31-33,36-37,47,52,55-58,60H,4-5,24,27-30,34-35,38-46H2,1-3H3,(H,72,86)(H,76,84)(H,73,77,85)/t47-,52?,55?,56-,57+,58?,60+,69?/m1/s1. The molecule has 92 heavy (non-hydrogen) atoms. The lowest BCUT2D eigenvalue weighted by molar-refractivity contribution is -0.152. The molecule has 6 aliphatic rings. The largest absolute Gasteiger partial charge is 0.423 e. The van der Waals surface area contributed by atoms with Crippen LogP contribution >= 0.6 is 0 Å². The first kappa shape index (κ1) is 61.6. The molecule has 0 radical (unpaired) electrons. The number of unbranched alkanes of at least 4 members (excludes halogenated alkanes) is 1. The molecule has 21 nitrogen and oxygen atoms in total. The van der Waals surface area contributed by atoms with Gasteiger partial charge in [0, 0.05) is 99.5 Å². The monoisotopic (exact) mass is 1240 g/mol. The number of anilines is 1. The van der Waals surface area contributed by atoms with Crippen molar-refractivity contribution in [3.63, 3.8) is 0 Å². The fourth-order valence-electron chi connectivity index (χ4n) is 14.6. The maximum atomic E-state index is 15.1. The molecule has 4 aromatic carbocycles. The molecule has 7 heterocycles. The average molecular weight is 1250 g/mol. The number of carbonyl (C=O) groups is 7. The van der Waals surface area contributed by atoms with Crippen molar-refractivity contribution in [2.75, 3.05) is 64.2 Å². The predicted octanol–water partition coefficient (Wildman–Crippen LogP) is 7.42. The van der Waals surface area contributed by atoms with Gasteiger partial charge in [-0.2, -0.15) is 10.2 Å². The Kier molecular flexibility index (Phi) is 17.3. The Balaban J connectivity index is 0.665. The van der Waals surface area contributed by atoms with E-state index >= 15 is 4.79 Å². The van der Waals surface area contributed by atoms with Crippen LogP contribution in [0.15, 0.2) is 157 Å². The summed E-state index contributed by atoms with van der Waals surface area (Å²) >= 11 is 0. The minimum atomic E-state index is -1.14. The smallest absolute Gasteiger partial charge is 0.301 e. The van der Waals surface area contributed by atoms with E-state index in [0.29, 0.717) is 61.8 Å². The molecule has 6 fully saturated rings. The first-order valence-corrected chi connectivity index (χ1v) is 32.4. The van der Waals surface area contributed by atoms with Crippen LogP contribution in [0.5, 0.6) is 0 Å². The van der Waals surface area contributed by atoms with Crippen LogP contribution in [0.4, 0.5) is 6.01 Å². The summed E-state index contributed by atoms with van der Waals surface area (Å²) in [4.78, 5) is 113. The van der Waals surface area contributed by atoms with Crippen LogP contribution in [0, 0.1) is 45.8 Å². The highest BCUT2D eigenvalue weighted by Crippen LogP contribution is 2.57. The summed E-state index contributed by atoms with van der Waals surface area (Å²) < 4.78 is 15.8. The third kappa shape index (κ3) is 13.0. The van der Waals surface area contributed by atoms with Crippen molar-refractivity contribution in [3.8, 4) is 11.3 Å². The second kappa shape index (κ2) is 25.8. The van der Waals surface area contributed by atoms with E-state index in [1.165, 1.54) is 0 Å². The number of amides is 7. The number of benzene rings is 4. The van der Waals surface area contributed by atoms with Gasteiger partial charge in [0.2, 0.25) is 29.5 Å². The fourth-order valence-corrected chi connectivity index (χ4v) is 14.6. The Morgan fingerprint density at radius 3 is 1.73 bits per heavy atom. The van der Waals surface area contributed by atoms with E-state index in [9.17, 15) is 28.8 Å². The van der Waals surface area contributed by atoms with Crippen LogP contribution in [0.2, 0.25) is 0 Å². The zero-order chi connectivity index (χ0) is 63.7. The van der Waals surface area contributed by atoms with Gasteiger partial charge in [0.1, 0.15) is 6.04 Å². The number of carbonyl (C=O) groups excluding carboxylic acids is 7. The molecule has 3 aromatic heterocycles. The minimum absolute atomic E-state index is 0.0174. The number of hydrogen-bond acceptors (Lipinski definition) is 12. The number of hydrogen-bond donors (Lipinski definition) is 3. The van der Waals surface area contributed by atoms with Crippen molar-refractivity contribution in [3.05, 3.63) is 180 Å². The Labute approximate surface area is 535 Å². The number of nitrogens with one attached hydrogen (secondary N) is 3. The number of rotatable bonds is 24. The second-order valence-electron chi connectivity index (χ2n) is 27.0. The second-order valence-corrected chi connectivity index (χ2v) is 27.0. The Morgan fingerprint density at radius 1 is 0.641 bits per heavy atom. The molecule has 4 saturated heterocycles. The van der Waals surface area contributed by atoms with Gasteiger partial charge in [0.05, 0.1) is 67.4 Å². The molecular formula is C71H80N12O9. The summed E-state index contributed by atoms with van der Waals surface area (Å²) in [6.07, 6.45) is 12.4. The van der Waals surface area contributed by atoms with Gasteiger partial charge in [-0.1, -0.05) is 148 Å². The summed E-state index contributed by atoms with van der Waals surface area (Å²) in [5.41, 5.74) is 2.62. The van der Waals surface area contributed by atoms with Gasteiger partial charge < -0.3 is 39.4 Å². The summed E-state index contributed by atoms with van der Waals surface area (Å²) in [6.45, 7) is 9.17. The van der Waals surface area contributed by atoms with Crippen LogP contribution in [-0.2, 0) is 48.4 Å². The normalized spacial score (nSPS) is 22.9. The molecule has 4 unspecified atom stereocenters. The van der Waals surface area contributed by atoms with E-state index in [4.69, 9.17) is 9.15 Å². The highest BCUT2D eigenvalue weighted by molar-refractivity contribution is 5.98. The number of nitrogens with zero attached hydrogens (tertiary/aromatic N) is 9. The van der Waals surface area contributed by atoms with E-state index in [-0.39, 0.29) is 99.8 Å². The van der Waals surface area contributed by atoms with Gasteiger partial charge in [0.15, 0.2) is 5.76 Å². The molecule has 21 heteroatoms. The van der Waals surface area contributed by atoms with Crippen molar-refractivity contribution in [2.24, 2.45) is 45.8 Å². The predicted molar refractivity (Wildman–Crippen MR) is 341 cm³/mol. The zero-order valence-corrected chi connectivity index (χ0v) is 52.4. The van der Waals surface area contributed by atoms with Crippen LogP contribution in [-0.4, -0.2) is 157 Å². The van der Waals surface area contributed by atoms with E-state index in [1.807, 2.05) is 133 Å². The molecule has 7 amide bonds. The van der Waals surface area contributed by atoms with Crippen molar-refractivity contribution in [2.45, 2.75) is 91.1 Å². The Bertz CT molecular complexity index is 3830. The molecule has 2 aliphatic carbocycles. The third-order valence-electron chi connectivity index (χ3n) is 20.3. The molecule has 13 rings (SSSR count). The number of aromatic nitrogens is 5. The first-order chi connectivity index (χ1) is 44.6. The summed E-state index contributed by atoms with van der Waals surface area (Å²) in [5, 5.41) is 18.1. The number of ether oxygens (including phenoxy) is 1. The van der Waals surface area contributed by atoms with Crippen molar-refractivity contribution in [1.82, 2.24) is 54.8 Å². The first-order valence-electron chi connectivity index (χ1n) is 32.4. The topological polar surface area (TPSA) is 239 Å². The van der Waals surface area contributed by atoms with Gasteiger partial charge in [-0.3, -0.25) is 48.2 Å². The lowest BCUT2D eigenvalue weighted by atomic mass is 9.70. The average Bonchev–Trinajstić information content (AvgIpc) is 1.58. The van der Waals surface area contributed by atoms with Crippen LogP contribution in [0.3, 0.4) is 0 Å². The lowest BCUT2D eigenvalue weighted by Gasteiger charge is -2.50. The van der Waals surface area contributed by atoms with Gasteiger partial charge in [-0.25, -0.2) is 4.98 Å². The van der Waals surface area contributed by atoms with Gasteiger partial charge in [-0.05, 0) is 60.6 Å². The minimum Gasteiger partial charge on any atom is -0.423 e. The molecule has 7 aromatic rings. The highest BCUT2D eigenvalue weighted by atomic mass is 16.5. The molecule has 8 atom stereocenters. The fraction of sp³-hybridized carbons (Fsp3) is 0.437. The maximum absolute atomic E-state index is 15.1. The molecule has 2 saturated carbocycles. The molecular weight excluding hydrogens is 1160 g/mol. The van der Waals surface area contributed by atoms with E-state index in [0.717, 1.165) is 47.9 Å². The van der Waals surface area contributed by atoms with Gasteiger partial charge in [0.25, 0.3) is 11.8 Å². The maximum Gasteiger partial charge on any atom is 0.301 e. The van der Waals surface area contributed by atoms with E-state index < -0.39 is 52.0 Å². The summed E-state index contributed by atoms with van der Waals surface area (Å²) in [6, 6.07) is 37.6. The molecule has 478 valence electrons. The molecule has 2 spiro atoms. The SMILES string of the molecule is CCCCC1CC1C(=O)N1CC2(CN(C(=O)c3cnn(Cc4ccccc4)c3)C[C@H]2C(=O)N[C@H](C(=O)NCCC2(C)C[C@@H]2C(=O)N2CC3(CN(C(=O)c4cnn(Cc5ccccc5)c4)CC3C(=O)Nc3ncc(-c4ccccc4)o3)C2)[C@@H](C)OCc2ccccc2)C1. The zero-order valence-electron chi connectivity index (χ0n) is 52.4. The van der Waals surface area contributed by atoms with E-state index in [1.54, 1.807) is 62.0 Å².